The number of hydrogen-bond acceptors (Lipinski definition) is 4. The van der Waals surface area contributed by atoms with Crippen molar-refractivity contribution < 1.29 is 9.90 Å². The highest BCUT2D eigenvalue weighted by Gasteiger charge is 2.11. The molecule has 1 aromatic rings. The first-order valence-corrected chi connectivity index (χ1v) is 5.23. The van der Waals surface area contributed by atoms with Gasteiger partial charge in [0.1, 0.15) is 0 Å². The molecule has 1 rings (SSSR count). The van der Waals surface area contributed by atoms with Gasteiger partial charge in [-0.25, -0.2) is 9.97 Å². The van der Waals surface area contributed by atoms with E-state index in [1.165, 1.54) is 11.8 Å². The molecule has 0 saturated heterocycles. The largest absolute Gasteiger partial charge is 0.481 e. The summed E-state index contributed by atoms with van der Waals surface area (Å²) in [4.78, 5) is 18.7. The zero-order chi connectivity index (χ0) is 10.6. The second-order valence-electron chi connectivity index (χ2n) is 3.03. The Morgan fingerprint density at radius 1 is 1.71 bits per heavy atom. The lowest BCUT2D eigenvalue weighted by atomic mass is 10.2. The monoisotopic (exact) mass is 212 g/mol. The summed E-state index contributed by atoms with van der Waals surface area (Å²) < 4.78 is 0. The number of aryl methyl sites for hydroxylation is 1. The minimum Gasteiger partial charge on any atom is -0.481 e. The SMILES string of the molecule is Cc1ccnc(SCC(C)C(=O)O)n1. The Morgan fingerprint density at radius 3 is 3.00 bits per heavy atom. The molecule has 4 nitrogen and oxygen atoms in total. The molecule has 1 heterocycles. The van der Waals surface area contributed by atoms with Crippen LogP contribution >= 0.6 is 11.8 Å². The van der Waals surface area contributed by atoms with Crippen molar-refractivity contribution in [2.45, 2.75) is 19.0 Å². The predicted molar refractivity (Wildman–Crippen MR) is 54.3 cm³/mol. The van der Waals surface area contributed by atoms with Gasteiger partial charge in [-0.2, -0.15) is 0 Å². The minimum atomic E-state index is -0.787. The van der Waals surface area contributed by atoms with Crippen LogP contribution in [0.2, 0.25) is 0 Å². The first kappa shape index (κ1) is 11.0. The molecule has 1 N–H and O–H groups in total. The molecule has 0 fully saturated rings. The lowest BCUT2D eigenvalue weighted by Gasteiger charge is -2.04. The molecule has 0 bridgehead atoms. The number of carbonyl (C=O) groups is 1. The Hall–Kier alpha value is -1.10. The highest BCUT2D eigenvalue weighted by molar-refractivity contribution is 7.99. The van der Waals surface area contributed by atoms with E-state index >= 15 is 0 Å². The fraction of sp³-hybridized carbons (Fsp3) is 0.444. The third-order valence-corrected chi connectivity index (χ3v) is 2.78. The molecule has 1 atom stereocenters. The van der Waals surface area contributed by atoms with Gasteiger partial charge >= 0.3 is 5.97 Å². The Morgan fingerprint density at radius 2 is 2.43 bits per heavy atom. The van der Waals surface area contributed by atoms with Crippen LogP contribution < -0.4 is 0 Å². The molecule has 0 aromatic carbocycles. The van der Waals surface area contributed by atoms with Gasteiger partial charge in [0.25, 0.3) is 0 Å². The lowest BCUT2D eigenvalue weighted by Crippen LogP contribution is -2.12. The van der Waals surface area contributed by atoms with E-state index in [0.717, 1.165) is 5.69 Å². The van der Waals surface area contributed by atoms with E-state index in [1.807, 2.05) is 13.0 Å². The van der Waals surface area contributed by atoms with E-state index in [1.54, 1.807) is 13.1 Å². The molecule has 0 radical (unpaired) electrons. The highest BCUT2D eigenvalue weighted by Crippen LogP contribution is 2.16. The standard InChI is InChI=1S/C9H12N2O2S/c1-6(8(12)13)5-14-9-10-4-3-7(2)11-9/h3-4,6H,5H2,1-2H3,(H,12,13). The Bertz CT molecular complexity index is 330. The summed E-state index contributed by atoms with van der Waals surface area (Å²) in [6.45, 7) is 3.55. The maximum Gasteiger partial charge on any atom is 0.307 e. The van der Waals surface area contributed by atoms with Crippen LogP contribution in [-0.4, -0.2) is 26.8 Å². The Balaban J connectivity index is 2.49. The van der Waals surface area contributed by atoms with Crippen LogP contribution in [0.1, 0.15) is 12.6 Å². The molecular weight excluding hydrogens is 200 g/mol. The van der Waals surface area contributed by atoms with Crippen LogP contribution in [0.4, 0.5) is 0 Å². The second-order valence-corrected chi connectivity index (χ2v) is 4.02. The summed E-state index contributed by atoms with van der Waals surface area (Å²) in [5.41, 5.74) is 0.894. The van der Waals surface area contributed by atoms with E-state index in [2.05, 4.69) is 9.97 Å². The van der Waals surface area contributed by atoms with Gasteiger partial charge in [-0.1, -0.05) is 18.7 Å². The van der Waals surface area contributed by atoms with Crippen molar-refractivity contribution in [3.05, 3.63) is 18.0 Å². The van der Waals surface area contributed by atoms with Gasteiger partial charge in [0.05, 0.1) is 5.92 Å². The van der Waals surface area contributed by atoms with Crippen LogP contribution in [0.15, 0.2) is 17.4 Å². The number of nitrogens with zero attached hydrogens (tertiary/aromatic N) is 2. The molecule has 1 unspecified atom stereocenters. The normalized spacial score (nSPS) is 12.4. The summed E-state index contributed by atoms with van der Waals surface area (Å²) >= 11 is 1.37. The van der Waals surface area contributed by atoms with E-state index in [4.69, 9.17) is 5.11 Å². The molecular formula is C9H12N2O2S. The first-order chi connectivity index (χ1) is 6.59. The topological polar surface area (TPSA) is 63.1 Å². The van der Waals surface area contributed by atoms with Gasteiger partial charge in [-0.05, 0) is 13.0 Å². The first-order valence-electron chi connectivity index (χ1n) is 4.25. The molecule has 0 spiro atoms. The van der Waals surface area contributed by atoms with Crippen LogP contribution in [0.25, 0.3) is 0 Å². The van der Waals surface area contributed by atoms with Crippen molar-refractivity contribution in [1.82, 2.24) is 9.97 Å². The minimum absolute atomic E-state index is 0.371. The van der Waals surface area contributed by atoms with Crippen LogP contribution in [0.5, 0.6) is 0 Å². The quantitative estimate of drug-likeness (QED) is 0.606. The molecule has 5 heteroatoms. The van der Waals surface area contributed by atoms with Crippen LogP contribution in [-0.2, 0) is 4.79 Å². The third kappa shape index (κ3) is 3.33. The van der Waals surface area contributed by atoms with Gasteiger partial charge in [0, 0.05) is 17.6 Å². The molecule has 0 aliphatic rings. The third-order valence-electron chi connectivity index (χ3n) is 1.66. The van der Waals surface area contributed by atoms with Gasteiger partial charge in [0.15, 0.2) is 5.16 Å². The number of rotatable bonds is 4. The smallest absolute Gasteiger partial charge is 0.307 e. The fourth-order valence-electron chi connectivity index (χ4n) is 0.766. The van der Waals surface area contributed by atoms with Crippen molar-refractivity contribution in [2.75, 3.05) is 5.75 Å². The predicted octanol–water partition coefficient (Wildman–Crippen LogP) is 1.60. The van der Waals surface area contributed by atoms with Gasteiger partial charge in [-0.15, -0.1) is 0 Å². The average Bonchev–Trinajstić information content (AvgIpc) is 2.14. The molecule has 0 saturated carbocycles. The highest BCUT2D eigenvalue weighted by atomic mass is 32.2. The summed E-state index contributed by atoms with van der Waals surface area (Å²) in [6.07, 6.45) is 1.68. The van der Waals surface area contributed by atoms with Crippen LogP contribution in [0.3, 0.4) is 0 Å². The fourth-order valence-corrected chi connectivity index (χ4v) is 1.65. The molecule has 1 aromatic heterocycles. The van der Waals surface area contributed by atoms with Crippen molar-refractivity contribution in [2.24, 2.45) is 5.92 Å². The van der Waals surface area contributed by atoms with Crippen LogP contribution in [0, 0.1) is 12.8 Å². The number of aromatic nitrogens is 2. The molecule has 0 aliphatic heterocycles. The van der Waals surface area contributed by atoms with E-state index in [0.29, 0.717) is 10.9 Å². The van der Waals surface area contributed by atoms with Crippen molar-refractivity contribution in [3.63, 3.8) is 0 Å². The average molecular weight is 212 g/mol. The molecule has 76 valence electrons. The summed E-state index contributed by atoms with van der Waals surface area (Å²) in [7, 11) is 0. The Kier molecular flexibility index (Phi) is 3.88. The number of hydrogen-bond donors (Lipinski definition) is 1. The summed E-state index contributed by atoms with van der Waals surface area (Å²) in [6, 6.07) is 1.81. The van der Waals surface area contributed by atoms with E-state index in [9.17, 15) is 4.79 Å². The summed E-state index contributed by atoms with van der Waals surface area (Å²) in [5.74, 6) is -0.659. The number of carboxylic acids is 1. The second kappa shape index (κ2) is 4.95. The Labute approximate surface area is 86.8 Å². The molecule has 0 amide bonds. The van der Waals surface area contributed by atoms with Crippen molar-refractivity contribution in [3.8, 4) is 0 Å². The summed E-state index contributed by atoms with van der Waals surface area (Å²) in [5, 5.41) is 9.30. The maximum absolute atomic E-state index is 10.5. The van der Waals surface area contributed by atoms with Gasteiger partial charge < -0.3 is 5.11 Å². The molecule has 0 aliphatic carbocycles. The zero-order valence-electron chi connectivity index (χ0n) is 8.10. The number of carboxylic acid groups (broad SMARTS) is 1. The number of aliphatic carboxylic acids is 1. The van der Waals surface area contributed by atoms with Crippen molar-refractivity contribution in [1.29, 1.82) is 0 Å². The zero-order valence-corrected chi connectivity index (χ0v) is 8.91. The van der Waals surface area contributed by atoms with E-state index < -0.39 is 5.97 Å². The molecule has 14 heavy (non-hydrogen) atoms. The maximum atomic E-state index is 10.5. The van der Waals surface area contributed by atoms with Crippen molar-refractivity contribution >= 4 is 17.7 Å². The van der Waals surface area contributed by atoms with E-state index in [-0.39, 0.29) is 5.92 Å². The lowest BCUT2D eigenvalue weighted by molar-refractivity contribution is -0.140. The van der Waals surface area contributed by atoms with Gasteiger partial charge in [0.2, 0.25) is 0 Å². The number of thioether (sulfide) groups is 1. The van der Waals surface area contributed by atoms with Gasteiger partial charge in [-0.3, -0.25) is 4.79 Å².